The maximum Gasteiger partial charge on any atom is 0.128 e. The molecule has 1 aromatic carbocycles. The summed E-state index contributed by atoms with van der Waals surface area (Å²) in [7, 11) is 0. The SMILES string of the molecule is N#CC1(Nc2ccc(Cl)cc2)CCN2CCCC2C1. The van der Waals surface area contributed by atoms with E-state index in [0.29, 0.717) is 6.04 Å². The second-order valence-corrected chi connectivity index (χ2v) is 6.05. The maximum absolute atomic E-state index is 9.62. The molecule has 3 rings (SSSR count). The Bertz CT molecular complexity index is 493. The molecule has 0 saturated carbocycles. The van der Waals surface area contributed by atoms with Crippen molar-refractivity contribution in [3.8, 4) is 6.07 Å². The molecule has 2 unspecified atom stereocenters. The third kappa shape index (κ3) is 2.56. The molecule has 2 aliphatic heterocycles. The molecule has 0 radical (unpaired) electrons. The van der Waals surface area contributed by atoms with Crippen LogP contribution >= 0.6 is 11.6 Å². The topological polar surface area (TPSA) is 39.1 Å². The summed E-state index contributed by atoms with van der Waals surface area (Å²) < 4.78 is 0. The van der Waals surface area contributed by atoms with Crippen molar-refractivity contribution in [2.24, 2.45) is 0 Å². The highest BCUT2D eigenvalue weighted by molar-refractivity contribution is 6.30. The molecule has 3 nitrogen and oxygen atoms in total. The summed E-state index contributed by atoms with van der Waals surface area (Å²) in [6.07, 6.45) is 4.31. The molecule has 4 heteroatoms. The largest absolute Gasteiger partial charge is 0.367 e. The van der Waals surface area contributed by atoms with Gasteiger partial charge in [-0.2, -0.15) is 5.26 Å². The van der Waals surface area contributed by atoms with Gasteiger partial charge in [0.2, 0.25) is 0 Å². The summed E-state index contributed by atoms with van der Waals surface area (Å²) in [5.74, 6) is 0. The van der Waals surface area contributed by atoms with Gasteiger partial charge >= 0.3 is 0 Å². The average molecular weight is 276 g/mol. The standard InChI is InChI=1S/C15H18ClN3/c16-12-3-5-13(6-4-12)18-15(11-17)7-9-19-8-1-2-14(19)10-15/h3-6,14,18H,1-2,7-10H2. The minimum atomic E-state index is -0.417. The fourth-order valence-electron chi connectivity index (χ4n) is 3.31. The van der Waals surface area contributed by atoms with Gasteiger partial charge in [0.05, 0.1) is 6.07 Å². The van der Waals surface area contributed by atoms with Crippen LogP contribution in [-0.2, 0) is 0 Å². The van der Waals surface area contributed by atoms with Gasteiger partial charge in [0.25, 0.3) is 0 Å². The molecule has 0 aromatic heterocycles. The Morgan fingerprint density at radius 3 is 2.84 bits per heavy atom. The zero-order valence-electron chi connectivity index (χ0n) is 10.9. The van der Waals surface area contributed by atoms with Crippen molar-refractivity contribution in [1.29, 1.82) is 5.26 Å². The van der Waals surface area contributed by atoms with Crippen LogP contribution in [0.3, 0.4) is 0 Å². The summed E-state index contributed by atoms with van der Waals surface area (Å²) in [6.45, 7) is 2.23. The van der Waals surface area contributed by atoms with E-state index < -0.39 is 5.54 Å². The Balaban J connectivity index is 1.76. The summed E-state index contributed by atoms with van der Waals surface area (Å²) >= 11 is 5.90. The number of benzene rings is 1. The van der Waals surface area contributed by atoms with Crippen LogP contribution in [0.15, 0.2) is 24.3 Å². The van der Waals surface area contributed by atoms with Crippen molar-refractivity contribution >= 4 is 17.3 Å². The van der Waals surface area contributed by atoms with Gasteiger partial charge in [-0.05, 0) is 56.5 Å². The number of fused-ring (bicyclic) bond motifs is 1. The Kier molecular flexibility index (Phi) is 3.38. The van der Waals surface area contributed by atoms with Crippen molar-refractivity contribution in [2.75, 3.05) is 18.4 Å². The second kappa shape index (κ2) is 5.03. The molecule has 19 heavy (non-hydrogen) atoms. The number of nitriles is 1. The first-order valence-electron chi connectivity index (χ1n) is 6.90. The molecule has 100 valence electrons. The number of rotatable bonds is 2. The second-order valence-electron chi connectivity index (χ2n) is 5.61. The molecule has 0 bridgehead atoms. The van der Waals surface area contributed by atoms with E-state index in [1.165, 1.54) is 19.4 Å². The highest BCUT2D eigenvalue weighted by Crippen LogP contribution is 2.35. The number of piperidine rings is 1. The minimum absolute atomic E-state index is 0.417. The van der Waals surface area contributed by atoms with Crippen LogP contribution in [0, 0.1) is 11.3 Å². The molecule has 0 aliphatic carbocycles. The minimum Gasteiger partial charge on any atom is -0.367 e. The summed E-state index contributed by atoms with van der Waals surface area (Å²) in [4.78, 5) is 2.53. The lowest BCUT2D eigenvalue weighted by Gasteiger charge is -2.40. The van der Waals surface area contributed by atoms with Gasteiger partial charge in [-0.1, -0.05) is 11.6 Å². The van der Waals surface area contributed by atoms with Crippen molar-refractivity contribution in [3.63, 3.8) is 0 Å². The molecular formula is C15H18ClN3. The third-order valence-electron chi connectivity index (χ3n) is 4.35. The van der Waals surface area contributed by atoms with Crippen LogP contribution in [0.5, 0.6) is 0 Å². The van der Waals surface area contributed by atoms with Crippen LogP contribution < -0.4 is 5.32 Å². The maximum atomic E-state index is 9.62. The van der Waals surface area contributed by atoms with E-state index in [0.717, 1.165) is 30.1 Å². The van der Waals surface area contributed by atoms with E-state index in [2.05, 4.69) is 16.3 Å². The molecule has 0 spiro atoms. The van der Waals surface area contributed by atoms with Crippen molar-refractivity contribution in [2.45, 2.75) is 37.3 Å². The molecule has 2 atom stereocenters. The van der Waals surface area contributed by atoms with E-state index in [4.69, 9.17) is 11.6 Å². The van der Waals surface area contributed by atoms with Crippen molar-refractivity contribution < 1.29 is 0 Å². The lowest BCUT2D eigenvalue weighted by Crippen LogP contribution is -2.51. The predicted octanol–water partition coefficient (Wildman–Crippen LogP) is 3.27. The molecule has 2 fully saturated rings. The number of halogens is 1. The van der Waals surface area contributed by atoms with E-state index in [9.17, 15) is 5.26 Å². The lowest BCUT2D eigenvalue weighted by atomic mass is 9.84. The summed E-state index contributed by atoms with van der Waals surface area (Å²) in [5.41, 5.74) is 0.566. The van der Waals surface area contributed by atoms with E-state index >= 15 is 0 Å². The summed E-state index contributed by atoms with van der Waals surface area (Å²) in [5, 5.41) is 13.8. The van der Waals surface area contributed by atoms with E-state index in [-0.39, 0.29) is 0 Å². The first kappa shape index (κ1) is 12.8. The Labute approximate surface area is 119 Å². The summed E-state index contributed by atoms with van der Waals surface area (Å²) in [6, 6.07) is 10.7. The van der Waals surface area contributed by atoms with Crippen LogP contribution in [0.2, 0.25) is 5.02 Å². The van der Waals surface area contributed by atoms with Gasteiger partial charge < -0.3 is 10.2 Å². The Morgan fingerprint density at radius 2 is 2.11 bits per heavy atom. The zero-order chi connectivity index (χ0) is 13.3. The van der Waals surface area contributed by atoms with Gasteiger partial charge in [0.15, 0.2) is 0 Å². The van der Waals surface area contributed by atoms with Crippen LogP contribution in [0.4, 0.5) is 5.69 Å². The molecule has 2 saturated heterocycles. The number of nitrogens with zero attached hydrogens (tertiary/aromatic N) is 2. The van der Waals surface area contributed by atoms with Gasteiger partial charge in [-0.3, -0.25) is 0 Å². The molecule has 0 amide bonds. The highest BCUT2D eigenvalue weighted by Gasteiger charge is 2.41. The van der Waals surface area contributed by atoms with Gasteiger partial charge in [-0.25, -0.2) is 0 Å². The first-order chi connectivity index (χ1) is 9.21. The van der Waals surface area contributed by atoms with Gasteiger partial charge in [0.1, 0.15) is 5.54 Å². The quantitative estimate of drug-likeness (QED) is 0.900. The highest BCUT2D eigenvalue weighted by atomic mass is 35.5. The number of anilines is 1. The first-order valence-corrected chi connectivity index (χ1v) is 7.28. The molecule has 1 aromatic rings. The molecule has 1 N–H and O–H groups in total. The fourth-order valence-corrected chi connectivity index (χ4v) is 3.44. The number of hydrogen-bond acceptors (Lipinski definition) is 3. The van der Waals surface area contributed by atoms with Crippen LogP contribution in [0.1, 0.15) is 25.7 Å². The average Bonchev–Trinajstić information content (AvgIpc) is 2.88. The van der Waals surface area contributed by atoms with Crippen LogP contribution in [0.25, 0.3) is 0 Å². The van der Waals surface area contributed by atoms with Gasteiger partial charge in [-0.15, -0.1) is 0 Å². The fraction of sp³-hybridized carbons (Fsp3) is 0.533. The molecular weight excluding hydrogens is 258 g/mol. The van der Waals surface area contributed by atoms with Crippen LogP contribution in [-0.4, -0.2) is 29.6 Å². The lowest BCUT2D eigenvalue weighted by molar-refractivity contribution is 0.165. The Morgan fingerprint density at radius 1 is 1.32 bits per heavy atom. The monoisotopic (exact) mass is 275 g/mol. The van der Waals surface area contributed by atoms with Crippen molar-refractivity contribution in [1.82, 2.24) is 4.90 Å². The zero-order valence-corrected chi connectivity index (χ0v) is 11.7. The third-order valence-corrected chi connectivity index (χ3v) is 4.60. The predicted molar refractivity (Wildman–Crippen MR) is 77.2 cm³/mol. The Hall–Kier alpha value is -1.24. The van der Waals surface area contributed by atoms with E-state index in [1.54, 1.807) is 0 Å². The van der Waals surface area contributed by atoms with Gasteiger partial charge in [0, 0.05) is 23.3 Å². The molecule has 2 heterocycles. The molecule has 2 aliphatic rings. The number of hydrogen-bond donors (Lipinski definition) is 1. The number of nitrogens with one attached hydrogen (secondary N) is 1. The van der Waals surface area contributed by atoms with Crippen molar-refractivity contribution in [3.05, 3.63) is 29.3 Å². The normalized spacial score (nSPS) is 30.6. The smallest absolute Gasteiger partial charge is 0.128 e. The van der Waals surface area contributed by atoms with E-state index in [1.807, 2.05) is 24.3 Å².